The molecule has 1 amide bonds. The van der Waals surface area contributed by atoms with Crippen LogP contribution in [0.1, 0.15) is 46.7 Å². The summed E-state index contributed by atoms with van der Waals surface area (Å²) in [5.41, 5.74) is 3.35. The molecular weight excluding hydrogens is 396 g/mol. The van der Waals surface area contributed by atoms with Gasteiger partial charge in [0.25, 0.3) is 0 Å². The molecule has 2 aromatic rings. The quantitative estimate of drug-likeness (QED) is 0.455. The first-order chi connectivity index (χ1) is 14.8. The molecule has 1 aromatic carbocycles. The molecule has 0 saturated carbocycles. The van der Waals surface area contributed by atoms with Crippen LogP contribution in [0.25, 0.3) is 0 Å². The lowest BCUT2D eigenvalue weighted by atomic mass is 10.1. The van der Waals surface area contributed by atoms with E-state index in [2.05, 4.69) is 0 Å². The molecular formula is C24H30N2O5. The number of carbonyl (C=O) groups is 3. The summed E-state index contributed by atoms with van der Waals surface area (Å²) in [5.74, 6) is -1.38. The average Bonchev–Trinajstić information content (AvgIpc) is 3.29. The molecule has 1 saturated heterocycles. The zero-order chi connectivity index (χ0) is 22.5. The summed E-state index contributed by atoms with van der Waals surface area (Å²) in [4.78, 5) is 39.4. The van der Waals surface area contributed by atoms with E-state index >= 15 is 0 Å². The maximum absolute atomic E-state index is 12.6. The van der Waals surface area contributed by atoms with Gasteiger partial charge in [-0.1, -0.05) is 30.3 Å². The van der Waals surface area contributed by atoms with E-state index in [4.69, 9.17) is 9.47 Å². The number of rotatable bonds is 9. The molecule has 0 radical (unpaired) electrons. The summed E-state index contributed by atoms with van der Waals surface area (Å²) in [6.45, 7) is 6.92. The highest BCUT2D eigenvalue weighted by Gasteiger charge is 2.38. The Morgan fingerprint density at radius 3 is 2.58 bits per heavy atom. The van der Waals surface area contributed by atoms with Gasteiger partial charge in [0.05, 0.1) is 18.6 Å². The number of benzene rings is 1. The largest absolute Gasteiger partial charge is 0.457 e. The van der Waals surface area contributed by atoms with E-state index in [0.29, 0.717) is 25.3 Å². The first-order valence-electron chi connectivity index (χ1n) is 10.5. The Bertz CT molecular complexity index is 950. The number of amides is 1. The lowest BCUT2D eigenvalue weighted by Gasteiger charge is -2.25. The van der Waals surface area contributed by atoms with Crippen LogP contribution in [0, 0.1) is 19.8 Å². The molecule has 3 rings (SSSR count). The summed E-state index contributed by atoms with van der Waals surface area (Å²) in [7, 11) is 1.63. The van der Waals surface area contributed by atoms with Gasteiger partial charge in [0.1, 0.15) is 0 Å². The molecule has 2 heterocycles. The Hall–Kier alpha value is -2.93. The van der Waals surface area contributed by atoms with Crippen molar-refractivity contribution in [3.63, 3.8) is 0 Å². The van der Waals surface area contributed by atoms with E-state index in [0.717, 1.165) is 17.0 Å². The van der Waals surface area contributed by atoms with E-state index in [1.54, 1.807) is 12.0 Å². The highest BCUT2D eigenvalue weighted by atomic mass is 16.5. The van der Waals surface area contributed by atoms with Gasteiger partial charge >= 0.3 is 5.97 Å². The van der Waals surface area contributed by atoms with E-state index in [-0.39, 0.29) is 30.8 Å². The van der Waals surface area contributed by atoms with Crippen LogP contribution in [0.4, 0.5) is 0 Å². The fourth-order valence-corrected chi connectivity index (χ4v) is 4.12. The van der Waals surface area contributed by atoms with E-state index < -0.39 is 11.9 Å². The van der Waals surface area contributed by atoms with Crippen molar-refractivity contribution in [2.75, 3.05) is 26.9 Å². The highest BCUT2D eigenvalue weighted by Crippen LogP contribution is 2.29. The molecule has 0 spiro atoms. The van der Waals surface area contributed by atoms with Crippen LogP contribution < -0.4 is 0 Å². The van der Waals surface area contributed by atoms with Crippen LogP contribution in [-0.2, 0) is 25.6 Å². The molecule has 0 aliphatic carbocycles. The maximum atomic E-state index is 12.6. The molecule has 2 atom stereocenters. The molecule has 31 heavy (non-hydrogen) atoms. The second kappa shape index (κ2) is 9.92. The van der Waals surface area contributed by atoms with Crippen molar-refractivity contribution in [2.24, 2.45) is 5.92 Å². The van der Waals surface area contributed by atoms with Gasteiger partial charge in [-0.3, -0.25) is 14.4 Å². The summed E-state index contributed by atoms with van der Waals surface area (Å²) in [6.07, 6.45) is 0.107. The lowest BCUT2D eigenvalue weighted by Crippen LogP contribution is -2.30. The van der Waals surface area contributed by atoms with Crippen LogP contribution in [0.15, 0.2) is 36.4 Å². The van der Waals surface area contributed by atoms with E-state index in [1.807, 2.05) is 61.7 Å². The monoisotopic (exact) mass is 426 g/mol. The number of hydrogen-bond acceptors (Lipinski definition) is 5. The number of methoxy groups -OCH3 is 1. The van der Waals surface area contributed by atoms with Gasteiger partial charge in [-0.2, -0.15) is 0 Å². The fourth-order valence-electron chi connectivity index (χ4n) is 4.12. The minimum atomic E-state index is -0.555. The predicted octanol–water partition coefficient (Wildman–Crippen LogP) is 3.09. The third kappa shape index (κ3) is 5.05. The van der Waals surface area contributed by atoms with Crippen molar-refractivity contribution >= 4 is 17.7 Å². The second-order valence-corrected chi connectivity index (χ2v) is 7.99. The fraction of sp³-hybridized carbons (Fsp3) is 0.458. The van der Waals surface area contributed by atoms with Crippen molar-refractivity contribution in [1.29, 1.82) is 0 Å². The smallest absolute Gasteiger partial charge is 0.311 e. The van der Waals surface area contributed by atoms with Crippen LogP contribution in [0.3, 0.4) is 0 Å². The van der Waals surface area contributed by atoms with Gasteiger partial charge in [-0.25, -0.2) is 0 Å². The molecule has 1 aliphatic rings. The van der Waals surface area contributed by atoms with Crippen molar-refractivity contribution in [3.8, 4) is 0 Å². The molecule has 1 aliphatic heterocycles. The molecule has 1 aromatic heterocycles. The molecule has 0 bridgehead atoms. The number of aromatic nitrogens is 1. The van der Waals surface area contributed by atoms with Gasteiger partial charge in [0, 0.05) is 43.6 Å². The standard InChI is InChI=1S/C24H30N2O5/c1-16-12-21(18(3)25(16)10-11-30-4)22(27)15-31-24(29)20-13-23(28)26(14-20)17(2)19-8-6-5-7-9-19/h5-9,12,17,20H,10-11,13-15H2,1-4H3/t17-,20+/m1/s1. The number of esters is 1. The van der Waals surface area contributed by atoms with Crippen molar-refractivity contribution in [1.82, 2.24) is 9.47 Å². The van der Waals surface area contributed by atoms with Gasteiger partial charge in [0.2, 0.25) is 11.7 Å². The number of hydrogen-bond donors (Lipinski definition) is 0. The second-order valence-electron chi connectivity index (χ2n) is 7.99. The number of likely N-dealkylation sites (tertiary alicyclic amines) is 1. The number of ether oxygens (including phenoxy) is 2. The summed E-state index contributed by atoms with van der Waals surface area (Å²) in [6, 6.07) is 11.4. The molecule has 0 N–H and O–H groups in total. The lowest BCUT2D eigenvalue weighted by molar-refractivity contribution is -0.147. The zero-order valence-electron chi connectivity index (χ0n) is 18.6. The highest BCUT2D eigenvalue weighted by molar-refractivity contribution is 5.99. The Balaban J connectivity index is 1.58. The van der Waals surface area contributed by atoms with Crippen LogP contribution in [0.2, 0.25) is 0 Å². The van der Waals surface area contributed by atoms with Gasteiger partial charge < -0.3 is 18.9 Å². The number of Topliss-reactive ketones (excluding diaryl/α,β-unsaturated/α-hetero) is 1. The minimum absolute atomic E-state index is 0.0775. The third-order valence-corrected chi connectivity index (χ3v) is 5.98. The molecule has 7 heteroatoms. The Kier molecular flexibility index (Phi) is 7.28. The van der Waals surface area contributed by atoms with Crippen LogP contribution in [-0.4, -0.2) is 54.0 Å². The first-order valence-corrected chi connectivity index (χ1v) is 10.5. The van der Waals surface area contributed by atoms with Crippen molar-refractivity contribution in [2.45, 2.75) is 39.8 Å². The minimum Gasteiger partial charge on any atom is -0.457 e. The SMILES string of the molecule is COCCn1c(C)cc(C(=O)COC(=O)[C@H]2CC(=O)N([C@H](C)c3ccccc3)C2)c1C. The maximum Gasteiger partial charge on any atom is 0.311 e. The summed E-state index contributed by atoms with van der Waals surface area (Å²) >= 11 is 0. The molecule has 166 valence electrons. The van der Waals surface area contributed by atoms with E-state index in [9.17, 15) is 14.4 Å². The molecule has 1 fully saturated rings. The Morgan fingerprint density at radius 1 is 1.19 bits per heavy atom. The summed E-state index contributed by atoms with van der Waals surface area (Å²) < 4.78 is 12.4. The van der Waals surface area contributed by atoms with Gasteiger partial charge in [-0.15, -0.1) is 0 Å². The number of nitrogens with zero attached hydrogens (tertiary/aromatic N) is 2. The summed E-state index contributed by atoms with van der Waals surface area (Å²) in [5, 5.41) is 0. The van der Waals surface area contributed by atoms with E-state index in [1.165, 1.54) is 0 Å². The third-order valence-electron chi connectivity index (χ3n) is 5.98. The van der Waals surface area contributed by atoms with Gasteiger partial charge in [-0.05, 0) is 32.4 Å². The number of aryl methyl sites for hydroxylation is 1. The number of carbonyl (C=O) groups excluding carboxylic acids is 3. The van der Waals surface area contributed by atoms with Crippen LogP contribution >= 0.6 is 0 Å². The van der Waals surface area contributed by atoms with Crippen LogP contribution in [0.5, 0.6) is 0 Å². The molecule has 7 nitrogen and oxygen atoms in total. The van der Waals surface area contributed by atoms with Gasteiger partial charge in [0.15, 0.2) is 6.61 Å². The topological polar surface area (TPSA) is 77.8 Å². The Labute approximate surface area is 182 Å². The normalized spacial score (nSPS) is 17.1. The van der Waals surface area contributed by atoms with Crippen molar-refractivity contribution < 1.29 is 23.9 Å². The first kappa shape index (κ1) is 22.7. The Morgan fingerprint density at radius 2 is 1.90 bits per heavy atom. The zero-order valence-corrected chi connectivity index (χ0v) is 18.6. The van der Waals surface area contributed by atoms with Crippen molar-refractivity contribution in [3.05, 3.63) is 58.9 Å². The number of ketones is 1. The average molecular weight is 427 g/mol. The predicted molar refractivity (Wildman–Crippen MR) is 116 cm³/mol. The molecule has 0 unspecified atom stereocenters.